The Balaban J connectivity index is 1.76. The molecule has 0 saturated carbocycles. The number of nitrogens with zero attached hydrogens (tertiary/aromatic N) is 2. The zero-order valence-corrected chi connectivity index (χ0v) is 21.0. The number of hydrogen-bond donors (Lipinski definition) is 1. The van der Waals surface area contributed by atoms with E-state index in [1.54, 1.807) is 54.6 Å². The summed E-state index contributed by atoms with van der Waals surface area (Å²) in [6.07, 6.45) is -4.61. The number of hydrogen-bond acceptors (Lipinski definition) is 5. The molecule has 0 aliphatic carbocycles. The molecule has 0 spiro atoms. The maximum atomic E-state index is 13.5. The lowest BCUT2D eigenvalue weighted by molar-refractivity contribution is -0.137. The SMILES string of the molecule is COCCn1c(SC(C(=O)Nc2cc(C(F)(F)F)ccc2Cl)c2ccccc2)nc2ccccc2c1=O. The minimum Gasteiger partial charge on any atom is -0.383 e. The lowest BCUT2D eigenvalue weighted by Crippen LogP contribution is -2.27. The van der Waals surface area contributed by atoms with Crippen molar-refractivity contribution in [3.8, 4) is 0 Å². The van der Waals surface area contributed by atoms with Crippen LogP contribution in [0.4, 0.5) is 18.9 Å². The van der Waals surface area contributed by atoms with Crippen molar-refractivity contribution in [2.75, 3.05) is 19.0 Å². The van der Waals surface area contributed by atoms with Crippen LogP contribution in [0.3, 0.4) is 0 Å². The fraction of sp³-hybridized carbons (Fsp3) is 0.192. The van der Waals surface area contributed by atoms with E-state index in [1.807, 2.05) is 0 Å². The van der Waals surface area contributed by atoms with Gasteiger partial charge in [0.25, 0.3) is 5.56 Å². The summed E-state index contributed by atoms with van der Waals surface area (Å²) in [4.78, 5) is 31.4. The van der Waals surface area contributed by atoms with Crippen molar-refractivity contribution in [1.29, 1.82) is 0 Å². The molecular formula is C26H21ClF3N3O3S. The molecule has 0 aliphatic rings. The van der Waals surface area contributed by atoms with Crippen molar-refractivity contribution < 1.29 is 22.7 Å². The molecule has 192 valence electrons. The quantitative estimate of drug-likeness (QED) is 0.210. The molecule has 1 heterocycles. The third kappa shape index (κ3) is 6.15. The maximum absolute atomic E-state index is 13.5. The largest absolute Gasteiger partial charge is 0.416 e. The van der Waals surface area contributed by atoms with Gasteiger partial charge in [-0.2, -0.15) is 13.2 Å². The van der Waals surface area contributed by atoms with Gasteiger partial charge in [-0.25, -0.2) is 4.98 Å². The maximum Gasteiger partial charge on any atom is 0.416 e. The summed E-state index contributed by atoms with van der Waals surface area (Å²) in [5.41, 5.74) is -0.393. The Morgan fingerprint density at radius 2 is 1.81 bits per heavy atom. The molecule has 1 amide bonds. The van der Waals surface area contributed by atoms with Crippen LogP contribution in [0.2, 0.25) is 5.02 Å². The minimum atomic E-state index is -4.61. The summed E-state index contributed by atoms with van der Waals surface area (Å²) in [6, 6.07) is 18.2. The van der Waals surface area contributed by atoms with Gasteiger partial charge in [-0.05, 0) is 35.9 Å². The average molecular weight is 548 g/mol. The Labute approximate surface area is 219 Å². The molecule has 1 atom stereocenters. The van der Waals surface area contributed by atoms with Crippen LogP contribution in [0.25, 0.3) is 10.9 Å². The second kappa shape index (κ2) is 11.4. The summed E-state index contributed by atoms with van der Waals surface area (Å²) in [7, 11) is 1.51. The number of thioether (sulfide) groups is 1. The first-order valence-corrected chi connectivity index (χ1v) is 12.3. The standard InChI is InChI=1S/C26H21ClF3N3O3S/c1-36-14-13-33-24(35)18-9-5-6-10-20(18)32-25(33)37-22(16-7-3-2-4-8-16)23(34)31-21-15-17(26(28,29)30)11-12-19(21)27/h2-12,15,22H,13-14H2,1H3,(H,31,34). The molecule has 1 aromatic heterocycles. The Morgan fingerprint density at radius 3 is 2.51 bits per heavy atom. The number of methoxy groups -OCH3 is 1. The fourth-order valence-corrected chi connectivity index (χ4v) is 4.91. The topological polar surface area (TPSA) is 73.2 Å². The van der Waals surface area contributed by atoms with Crippen LogP contribution in [0.5, 0.6) is 0 Å². The van der Waals surface area contributed by atoms with E-state index in [2.05, 4.69) is 10.3 Å². The second-order valence-electron chi connectivity index (χ2n) is 7.95. The smallest absolute Gasteiger partial charge is 0.383 e. The number of ether oxygens (including phenoxy) is 1. The molecule has 3 aromatic carbocycles. The van der Waals surface area contributed by atoms with Gasteiger partial charge in [0.1, 0.15) is 5.25 Å². The van der Waals surface area contributed by atoms with Crippen LogP contribution >= 0.6 is 23.4 Å². The Bertz CT molecular complexity index is 1480. The number of nitrogens with one attached hydrogen (secondary N) is 1. The van der Waals surface area contributed by atoms with Crippen molar-refractivity contribution in [3.05, 3.63) is 99.3 Å². The summed E-state index contributed by atoms with van der Waals surface area (Å²) in [6.45, 7) is 0.424. The second-order valence-corrected chi connectivity index (χ2v) is 9.43. The molecule has 4 rings (SSSR count). The number of fused-ring (bicyclic) bond motifs is 1. The number of aromatic nitrogens is 2. The monoisotopic (exact) mass is 547 g/mol. The summed E-state index contributed by atoms with van der Waals surface area (Å²) >= 11 is 7.12. The number of rotatable bonds is 8. The van der Waals surface area contributed by atoms with Gasteiger partial charge >= 0.3 is 6.18 Å². The van der Waals surface area contributed by atoms with E-state index in [9.17, 15) is 22.8 Å². The molecule has 0 bridgehead atoms. The molecule has 0 radical (unpaired) electrons. The highest BCUT2D eigenvalue weighted by Crippen LogP contribution is 2.38. The van der Waals surface area contributed by atoms with Crippen molar-refractivity contribution in [1.82, 2.24) is 9.55 Å². The Kier molecular flexibility index (Phi) is 8.21. The molecule has 11 heteroatoms. The third-order valence-corrected chi connectivity index (χ3v) is 7.03. The first kappa shape index (κ1) is 26.7. The summed E-state index contributed by atoms with van der Waals surface area (Å²) in [5, 5.41) is 2.20. The van der Waals surface area contributed by atoms with E-state index >= 15 is 0 Å². The van der Waals surface area contributed by atoms with Crippen LogP contribution < -0.4 is 10.9 Å². The summed E-state index contributed by atoms with van der Waals surface area (Å²) < 4.78 is 46.3. The van der Waals surface area contributed by atoms with Gasteiger partial charge in [-0.15, -0.1) is 0 Å². The number of amides is 1. The Morgan fingerprint density at radius 1 is 1.11 bits per heavy atom. The highest BCUT2D eigenvalue weighted by Gasteiger charge is 2.32. The van der Waals surface area contributed by atoms with Crippen molar-refractivity contribution in [3.63, 3.8) is 0 Å². The number of carbonyl (C=O) groups excluding carboxylic acids is 1. The summed E-state index contributed by atoms with van der Waals surface area (Å²) in [5.74, 6) is -0.627. The van der Waals surface area contributed by atoms with E-state index in [-0.39, 0.29) is 34.6 Å². The molecule has 0 aliphatic heterocycles. The molecule has 4 aromatic rings. The van der Waals surface area contributed by atoms with Crippen molar-refractivity contribution >= 4 is 45.9 Å². The van der Waals surface area contributed by atoms with Crippen LogP contribution in [0.15, 0.2) is 82.7 Å². The highest BCUT2D eigenvalue weighted by atomic mass is 35.5. The van der Waals surface area contributed by atoms with E-state index in [0.717, 1.165) is 30.0 Å². The van der Waals surface area contributed by atoms with Gasteiger partial charge in [0, 0.05) is 7.11 Å². The van der Waals surface area contributed by atoms with Gasteiger partial charge in [-0.3, -0.25) is 14.2 Å². The van der Waals surface area contributed by atoms with Gasteiger partial charge in [0.05, 0.1) is 40.3 Å². The zero-order valence-electron chi connectivity index (χ0n) is 19.5. The molecule has 0 fully saturated rings. The number of para-hydroxylation sites is 1. The van der Waals surface area contributed by atoms with E-state index in [1.165, 1.54) is 11.7 Å². The van der Waals surface area contributed by atoms with Crippen LogP contribution in [-0.2, 0) is 22.3 Å². The molecule has 1 unspecified atom stereocenters. The van der Waals surface area contributed by atoms with Crippen molar-refractivity contribution in [2.24, 2.45) is 0 Å². The van der Waals surface area contributed by atoms with E-state index < -0.39 is 22.9 Å². The molecule has 0 saturated heterocycles. The normalized spacial score (nSPS) is 12.5. The van der Waals surface area contributed by atoms with Crippen LogP contribution in [0, 0.1) is 0 Å². The van der Waals surface area contributed by atoms with Crippen molar-refractivity contribution in [2.45, 2.75) is 23.1 Å². The average Bonchev–Trinajstić information content (AvgIpc) is 2.88. The van der Waals surface area contributed by atoms with Crippen LogP contribution in [-0.4, -0.2) is 29.2 Å². The number of halogens is 4. The minimum absolute atomic E-state index is 0.0426. The van der Waals surface area contributed by atoms with E-state index in [0.29, 0.717) is 16.5 Å². The van der Waals surface area contributed by atoms with Gasteiger partial charge in [-0.1, -0.05) is 65.8 Å². The fourth-order valence-electron chi connectivity index (χ4n) is 3.62. The first-order valence-electron chi connectivity index (χ1n) is 11.1. The number of alkyl halides is 3. The predicted octanol–water partition coefficient (Wildman–Crippen LogP) is 6.19. The van der Waals surface area contributed by atoms with Gasteiger partial charge < -0.3 is 10.1 Å². The van der Waals surface area contributed by atoms with Crippen LogP contribution in [0.1, 0.15) is 16.4 Å². The van der Waals surface area contributed by atoms with Gasteiger partial charge in [0.2, 0.25) is 5.91 Å². The lowest BCUT2D eigenvalue weighted by Gasteiger charge is -2.20. The lowest BCUT2D eigenvalue weighted by atomic mass is 10.1. The Hall–Kier alpha value is -3.34. The third-order valence-electron chi connectivity index (χ3n) is 5.46. The number of benzene rings is 3. The number of anilines is 1. The molecular weight excluding hydrogens is 527 g/mol. The first-order chi connectivity index (χ1) is 17.7. The highest BCUT2D eigenvalue weighted by molar-refractivity contribution is 8.00. The molecule has 37 heavy (non-hydrogen) atoms. The zero-order chi connectivity index (χ0) is 26.6. The molecule has 6 nitrogen and oxygen atoms in total. The predicted molar refractivity (Wildman–Crippen MR) is 138 cm³/mol. The number of carbonyl (C=O) groups is 1. The molecule has 1 N–H and O–H groups in total. The van der Waals surface area contributed by atoms with Gasteiger partial charge in [0.15, 0.2) is 5.16 Å². The van der Waals surface area contributed by atoms with E-state index in [4.69, 9.17) is 16.3 Å².